The fraction of sp³-hybridized carbons (Fsp3) is 0.222. The number of rotatable bonds is 3. The summed E-state index contributed by atoms with van der Waals surface area (Å²) in [6.07, 6.45) is -1.74. The third-order valence-corrected chi connectivity index (χ3v) is 6.29. The summed E-state index contributed by atoms with van der Waals surface area (Å²) in [4.78, 5) is 11.3. The van der Waals surface area contributed by atoms with Crippen molar-refractivity contribution in [1.29, 1.82) is 5.26 Å². The van der Waals surface area contributed by atoms with Gasteiger partial charge in [0, 0.05) is 29.6 Å². The van der Waals surface area contributed by atoms with Gasteiger partial charge in [0.25, 0.3) is 0 Å². The summed E-state index contributed by atoms with van der Waals surface area (Å²) in [6, 6.07) is 12.9. The maximum atomic E-state index is 14.7. The Morgan fingerprint density at radius 2 is 1.58 bits per heavy atom. The molecule has 0 saturated carbocycles. The molecule has 1 aromatic heterocycles. The van der Waals surface area contributed by atoms with Crippen molar-refractivity contribution in [2.24, 2.45) is 0 Å². The van der Waals surface area contributed by atoms with Crippen LogP contribution in [0.25, 0.3) is 33.3 Å². The van der Waals surface area contributed by atoms with E-state index >= 15 is 0 Å². The third kappa shape index (κ3) is 4.35. The van der Waals surface area contributed by atoms with Crippen molar-refractivity contribution < 1.29 is 22.0 Å². The SMILES string of the molecule is N#Cc1ccc(-c2nc(N3CCCCC3)nc3ccc(-c4c(F)cccc4C(F)(F)F)cc23)cc1F. The molecule has 0 unspecified atom stereocenters. The second-order valence-corrected chi connectivity index (χ2v) is 8.62. The van der Waals surface area contributed by atoms with Gasteiger partial charge in [-0.3, -0.25) is 0 Å². The maximum Gasteiger partial charge on any atom is 0.417 e. The lowest BCUT2D eigenvalue weighted by atomic mass is 9.95. The third-order valence-electron chi connectivity index (χ3n) is 6.29. The van der Waals surface area contributed by atoms with Crippen LogP contribution in [0, 0.1) is 23.0 Å². The number of aromatic nitrogens is 2. The second kappa shape index (κ2) is 9.19. The summed E-state index contributed by atoms with van der Waals surface area (Å²) in [5.74, 6) is -1.33. The summed E-state index contributed by atoms with van der Waals surface area (Å²) in [6.45, 7) is 1.49. The molecule has 182 valence electrons. The first-order valence-electron chi connectivity index (χ1n) is 11.4. The van der Waals surface area contributed by atoms with Gasteiger partial charge < -0.3 is 4.90 Å². The quantitative estimate of drug-likeness (QED) is 0.285. The number of nitriles is 1. The molecule has 3 aromatic carbocycles. The molecule has 0 N–H and O–H groups in total. The van der Waals surface area contributed by atoms with Gasteiger partial charge in [-0.15, -0.1) is 0 Å². The number of hydrogen-bond donors (Lipinski definition) is 0. The van der Waals surface area contributed by atoms with Gasteiger partial charge in [-0.25, -0.2) is 18.7 Å². The van der Waals surface area contributed by atoms with Crippen molar-refractivity contribution in [3.8, 4) is 28.5 Å². The van der Waals surface area contributed by atoms with Crippen LogP contribution in [0.3, 0.4) is 0 Å². The number of halogens is 5. The number of nitrogens with zero attached hydrogens (tertiary/aromatic N) is 4. The normalized spacial score (nSPS) is 14.2. The van der Waals surface area contributed by atoms with E-state index in [9.17, 15) is 22.0 Å². The Balaban J connectivity index is 1.76. The van der Waals surface area contributed by atoms with Crippen LogP contribution in [-0.4, -0.2) is 23.1 Å². The summed E-state index contributed by atoms with van der Waals surface area (Å²) in [7, 11) is 0. The molecule has 0 radical (unpaired) electrons. The van der Waals surface area contributed by atoms with Crippen molar-refractivity contribution >= 4 is 16.9 Å². The minimum atomic E-state index is -4.76. The lowest BCUT2D eigenvalue weighted by Gasteiger charge is -2.27. The minimum Gasteiger partial charge on any atom is -0.341 e. The van der Waals surface area contributed by atoms with Gasteiger partial charge in [-0.1, -0.05) is 18.2 Å². The Morgan fingerprint density at radius 3 is 2.28 bits per heavy atom. The number of hydrogen-bond acceptors (Lipinski definition) is 4. The van der Waals surface area contributed by atoms with Crippen molar-refractivity contribution in [2.75, 3.05) is 18.0 Å². The molecule has 1 fully saturated rings. The first-order chi connectivity index (χ1) is 17.3. The van der Waals surface area contributed by atoms with E-state index in [2.05, 4.69) is 9.97 Å². The number of benzene rings is 3. The van der Waals surface area contributed by atoms with Gasteiger partial charge >= 0.3 is 6.18 Å². The fourth-order valence-corrected chi connectivity index (χ4v) is 4.53. The number of fused-ring (bicyclic) bond motifs is 1. The van der Waals surface area contributed by atoms with E-state index in [4.69, 9.17) is 5.26 Å². The van der Waals surface area contributed by atoms with E-state index in [0.29, 0.717) is 22.4 Å². The zero-order valence-electron chi connectivity index (χ0n) is 18.9. The smallest absolute Gasteiger partial charge is 0.341 e. The van der Waals surface area contributed by atoms with Crippen LogP contribution in [0.2, 0.25) is 0 Å². The molecule has 9 heteroatoms. The standard InChI is InChI=1S/C27H19F5N4/c28-21-6-4-5-20(27(30,31)32)24(21)16-9-10-23-19(13-16)25(17-7-8-18(15-33)22(29)14-17)35-26(34-23)36-11-2-1-3-12-36/h4-10,13-14H,1-3,11-12H2. The van der Waals surface area contributed by atoms with Crippen molar-refractivity contribution in [3.05, 3.63) is 77.4 Å². The van der Waals surface area contributed by atoms with E-state index in [-0.39, 0.29) is 16.8 Å². The average molecular weight is 494 g/mol. The predicted molar refractivity (Wildman–Crippen MR) is 126 cm³/mol. The monoisotopic (exact) mass is 494 g/mol. The molecule has 0 spiro atoms. The summed E-state index contributed by atoms with van der Waals surface area (Å²) in [5.41, 5.74) is -0.774. The zero-order valence-corrected chi connectivity index (χ0v) is 18.9. The summed E-state index contributed by atoms with van der Waals surface area (Å²) < 4.78 is 70.3. The van der Waals surface area contributed by atoms with E-state index in [1.54, 1.807) is 6.07 Å². The second-order valence-electron chi connectivity index (χ2n) is 8.62. The molecule has 1 aliphatic heterocycles. The molecule has 36 heavy (non-hydrogen) atoms. The van der Waals surface area contributed by atoms with Crippen molar-refractivity contribution in [1.82, 2.24) is 9.97 Å². The van der Waals surface area contributed by atoms with Gasteiger partial charge in [0.2, 0.25) is 5.95 Å². The van der Waals surface area contributed by atoms with Gasteiger partial charge in [-0.2, -0.15) is 18.4 Å². The highest BCUT2D eigenvalue weighted by Crippen LogP contribution is 2.40. The summed E-state index contributed by atoms with van der Waals surface area (Å²) >= 11 is 0. The fourth-order valence-electron chi connectivity index (χ4n) is 4.53. The van der Waals surface area contributed by atoms with E-state index < -0.39 is 28.9 Å². The molecule has 0 atom stereocenters. The molecular formula is C27H19F5N4. The highest BCUT2D eigenvalue weighted by atomic mass is 19.4. The van der Waals surface area contributed by atoms with Crippen LogP contribution in [0.1, 0.15) is 30.4 Å². The van der Waals surface area contributed by atoms with Crippen LogP contribution < -0.4 is 4.90 Å². The van der Waals surface area contributed by atoms with Crippen LogP contribution in [-0.2, 0) is 6.18 Å². The Morgan fingerprint density at radius 1 is 0.833 bits per heavy atom. The molecule has 1 saturated heterocycles. The largest absolute Gasteiger partial charge is 0.417 e. The lowest BCUT2D eigenvalue weighted by molar-refractivity contribution is -0.137. The maximum absolute atomic E-state index is 14.7. The Labute approximate surface area is 203 Å². The van der Waals surface area contributed by atoms with E-state index in [0.717, 1.165) is 56.6 Å². The van der Waals surface area contributed by atoms with Gasteiger partial charge in [0.15, 0.2) is 0 Å². The molecule has 0 bridgehead atoms. The van der Waals surface area contributed by atoms with E-state index in [1.807, 2.05) is 4.90 Å². The highest BCUT2D eigenvalue weighted by Gasteiger charge is 2.35. The molecule has 0 aliphatic carbocycles. The molecular weight excluding hydrogens is 475 g/mol. The molecule has 2 heterocycles. The molecule has 5 rings (SSSR count). The predicted octanol–water partition coefficient (Wildman–Crippen LogP) is 7.12. The van der Waals surface area contributed by atoms with Gasteiger partial charge in [0.05, 0.1) is 22.3 Å². The lowest BCUT2D eigenvalue weighted by Crippen LogP contribution is -2.31. The van der Waals surface area contributed by atoms with Gasteiger partial charge in [-0.05, 0) is 61.2 Å². The Hall–Kier alpha value is -4.06. The van der Waals surface area contributed by atoms with Crippen LogP contribution in [0.15, 0.2) is 54.6 Å². The number of alkyl halides is 3. The first kappa shape index (κ1) is 23.7. The number of piperidine rings is 1. The molecule has 4 aromatic rings. The number of anilines is 1. The molecule has 4 nitrogen and oxygen atoms in total. The molecule has 0 amide bonds. The zero-order chi connectivity index (χ0) is 25.4. The average Bonchev–Trinajstić information content (AvgIpc) is 2.87. The van der Waals surface area contributed by atoms with Crippen molar-refractivity contribution in [3.63, 3.8) is 0 Å². The topological polar surface area (TPSA) is 52.8 Å². The van der Waals surface area contributed by atoms with Crippen molar-refractivity contribution in [2.45, 2.75) is 25.4 Å². The van der Waals surface area contributed by atoms with Gasteiger partial charge in [0.1, 0.15) is 17.7 Å². The van der Waals surface area contributed by atoms with E-state index in [1.165, 1.54) is 30.3 Å². The summed E-state index contributed by atoms with van der Waals surface area (Å²) in [5, 5.41) is 9.44. The molecule has 1 aliphatic rings. The highest BCUT2D eigenvalue weighted by molar-refractivity contribution is 5.96. The Bertz CT molecular complexity index is 1500. The Kier molecular flexibility index (Phi) is 6.04. The minimum absolute atomic E-state index is 0.00221. The van der Waals surface area contributed by atoms with Crippen LogP contribution in [0.5, 0.6) is 0 Å². The van der Waals surface area contributed by atoms with Crippen LogP contribution >= 0.6 is 0 Å². The first-order valence-corrected chi connectivity index (χ1v) is 11.4. The van der Waals surface area contributed by atoms with Crippen LogP contribution in [0.4, 0.5) is 27.9 Å².